The number of furan rings is 2. The van der Waals surface area contributed by atoms with E-state index in [0.717, 1.165) is 65.5 Å². The number of nitrogen functional groups attached to an aromatic ring is 1. The van der Waals surface area contributed by atoms with Crippen LogP contribution in [0, 0.1) is 0 Å². The third-order valence-electron chi connectivity index (χ3n) is 11.4. The van der Waals surface area contributed by atoms with Gasteiger partial charge in [-0.25, -0.2) is 0 Å². The van der Waals surface area contributed by atoms with Crippen LogP contribution in [0.1, 0.15) is 52.7 Å². The van der Waals surface area contributed by atoms with E-state index in [1.54, 1.807) is 0 Å². The number of hydrogen-bond acceptors (Lipinski definition) is 3. The van der Waals surface area contributed by atoms with Crippen LogP contribution in [0.2, 0.25) is 0 Å². The molecule has 0 aliphatic rings. The molecular weight excluding hydrogens is 799 g/mol. The summed E-state index contributed by atoms with van der Waals surface area (Å²) in [5, 5.41) is 4.68. The summed E-state index contributed by atoms with van der Waals surface area (Å²) in [6.45, 7) is 13.4. The van der Waals surface area contributed by atoms with Crippen molar-refractivity contribution >= 4 is 65.5 Å². The van der Waals surface area contributed by atoms with Crippen LogP contribution >= 0.6 is 15.9 Å². The number of nitrogens with two attached hydrogens (primary N) is 1. The van der Waals surface area contributed by atoms with Crippen LogP contribution in [-0.4, -0.2) is 0 Å². The van der Waals surface area contributed by atoms with E-state index in [4.69, 9.17) is 14.6 Å². The minimum Gasteiger partial charge on any atom is -0.455 e. The van der Waals surface area contributed by atoms with E-state index >= 15 is 0 Å². The van der Waals surface area contributed by atoms with Gasteiger partial charge in [0, 0.05) is 48.9 Å². The molecule has 0 radical (unpaired) electrons. The minimum atomic E-state index is -0.0341. The Morgan fingerprint density at radius 2 is 0.800 bits per heavy atom. The van der Waals surface area contributed by atoms with E-state index in [9.17, 15) is 0 Å². The van der Waals surface area contributed by atoms with Gasteiger partial charge in [-0.3, -0.25) is 0 Å². The molecule has 3 nitrogen and oxygen atoms in total. The molecule has 10 aromatic rings. The van der Waals surface area contributed by atoms with Crippen molar-refractivity contribution in [2.45, 2.75) is 52.4 Å². The van der Waals surface area contributed by atoms with Gasteiger partial charge in [-0.05, 0) is 85.7 Å². The first kappa shape index (κ1) is 39.1. The standard InChI is InChI=1S/C28H23BrO.C28H25NO/c2*1-28(2,3)24-16-21(29)17-25-26(24)23-14-8-13-22(27(23)30-25)20-12-7-11-19(15-20)18-9-5-4-6-10-18/h4-17H,1-3H3;4-17H,29H2,1-3H3. The summed E-state index contributed by atoms with van der Waals surface area (Å²) < 4.78 is 13.9. The zero-order valence-corrected chi connectivity index (χ0v) is 36.5. The molecule has 8 aromatic carbocycles. The zero-order valence-electron chi connectivity index (χ0n) is 34.9. The Morgan fingerprint density at radius 1 is 0.400 bits per heavy atom. The molecule has 4 heteroatoms. The van der Waals surface area contributed by atoms with Gasteiger partial charge in [0.15, 0.2) is 0 Å². The van der Waals surface area contributed by atoms with Gasteiger partial charge in [-0.1, -0.05) is 191 Å². The Morgan fingerprint density at radius 3 is 1.27 bits per heavy atom. The average molecular weight is 847 g/mol. The maximum atomic E-state index is 6.47. The predicted octanol–water partition coefficient (Wildman–Crippen LogP) is 16.8. The Hall–Kier alpha value is -6.36. The van der Waals surface area contributed by atoms with Crippen LogP contribution < -0.4 is 5.73 Å². The van der Waals surface area contributed by atoms with Crippen molar-refractivity contribution in [3.63, 3.8) is 0 Å². The molecule has 2 N–H and O–H groups in total. The van der Waals surface area contributed by atoms with Crippen LogP contribution in [0.15, 0.2) is 183 Å². The Labute approximate surface area is 360 Å². The number of fused-ring (bicyclic) bond motifs is 6. The van der Waals surface area contributed by atoms with Crippen LogP contribution in [-0.2, 0) is 10.8 Å². The van der Waals surface area contributed by atoms with Gasteiger partial charge in [0.1, 0.15) is 22.3 Å². The molecule has 296 valence electrons. The molecular formula is C56H48BrNO2. The van der Waals surface area contributed by atoms with Gasteiger partial charge in [-0.2, -0.15) is 0 Å². The third kappa shape index (κ3) is 7.41. The lowest BCUT2D eigenvalue weighted by atomic mass is 9.83. The topological polar surface area (TPSA) is 52.3 Å². The van der Waals surface area contributed by atoms with E-state index in [2.05, 4.69) is 209 Å². The second-order valence-electron chi connectivity index (χ2n) is 17.7. The van der Waals surface area contributed by atoms with Crippen LogP contribution in [0.4, 0.5) is 5.69 Å². The highest BCUT2D eigenvalue weighted by atomic mass is 79.9. The summed E-state index contributed by atoms with van der Waals surface area (Å²) >= 11 is 3.67. The molecule has 0 aliphatic heterocycles. The monoisotopic (exact) mass is 845 g/mol. The summed E-state index contributed by atoms with van der Waals surface area (Å²) in [4.78, 5) is 0. The first-order valence-electron chi connectivity index (χ1n) is 20.6. The SMILES string of the molecule is CC(C)(C)c1cc(Br)cc2oc3c(-c4cccc(-c5ccccc5)c4)cccc3c12.CC(C)(C)c1cc(N)cc2oc3c(-c4cccc(-c5ccccc5)c4)cccc3c12. The van der Waals surface area contributed by atoms with Crippen molar-refractivity contribution in [1.29, 1.82) is 0 Å². The highest BCUT2D eigenvalue weighted by Gasteiger charge is 2.24. The molecule has 0 spiro atoms. The molecule has 60 heavy (non-hydrogen) atoms. The summed E-state index contributed by atoms with van der Waals surface area (Å²) in [5.74, 6) is 0. The minimum absolute atomic E-state index is 0.0159. The molecule has 2 aromatic heterocycles. The molecule has 2 heterocycles. The van der Waals surface area contributed by atoms with Gasteiger partial charge in [0.05, 0.1) is 0 Å². The molecule has 0 saturated heterocycles. The zero-order chi connectivity index (χ0) is 41.8. The normalized spacial score (nSPS) is 12.0. The predicted molar refractivity (Wildman–Crippen MR) is 259 cm³/mol. The fraction of sp³-hybridized carbons (Fsp3) is 0.143. The Balaban J connectivity index is 0.000000154. The van der Waals surface area contributed by atoms with Crippen molar-refractivity contribution in [3.8, 4) is 44.5 Å². The number of para-hydroxylation sites is 2. The van der Waals surface area contributed by atoms with Crippen molar-refractivity contribution in [2.75, 3.05) is 5.73 Å². The van der Waals surface area contributed by atoms with Crippen LogP contribution in [0.5, 0.6) is 0 Å². The maximum absolute atomic E-state index is 6.47. The fourth-order valence-corrected chi connectivity index (χ4v) is 8.91. The Kier molecular flexibility index (Phi) is 10.0. The largest absolute Gasteiger partial charge is 0.455 e. The van der Waals surface area contributed by atoms with Gasteiger partial charge < -0.3 is 14.6 Å². The third-order valence-corrected chi connectivity index (χ3v) is 11.8. The van der Waals surface area contributed by atoms with Crippen LogP contribution in [0.25, 0.3) is 88.4 Å². The number of anilines is 1. The van der Waals surface area contributed by atoms with Gasteiger partial charge in [0.25, 0.3) is 0 Å². The lowest BCUT2D eigenvalue weighted by Gasteiger charge is -2.20. The molecule has 0 saturated carbocycles. The van der Waals surface area contributed by atoms with Gasteiger partial charge in [0.2, 0.25) is 0 Å². The lowest BCUT2D eigenvalue weighted by Crippen LogP contribution is -2.12. The summed E-state index contributed by atoms with van der Waals surface area (Å²) in [6, 6.07) is 59.5. The van der Waals surface area contributed by atoms with Crippen molar-refractivity contribution in [3.05, 3.63) is 185 Å². The molecule has 0 bridgehead atoms. The van der Waals surface area contributed by atoms with Gasteiger partial charge >= 0.3 is 0 Å². The van der Waals surface area contributed by atoms with E-state index in [1.165, 1.54) is 44.2 Å². The highest BCUT2D eigenvalue weighted by molar-refractivity contribution is 9.10. The molecule has 0 atom stereocenters. The number of rotatable bonds is 4. The maximum Gasteiger partial charge on any atom is 0.143 e. The summed E-state index contributed by atoms with van der Waals surface area (Å²) in [6.07, 6.45) is 0. The first-order valence-corrected chi connectivity index (χ1v) is 21.3. The van der Waals surface area contributed by atoms with E-state index in [-0.39, 0.29) is 10.8 Å². The first-order chi connectivity index (χ1) is 28.8. The van der Waals surface area contributed by atoms with E-state index < -0.39 is 0 Å². The fourth-order valence-electron chi connectivity index (χ4n) is 8.47. The van der Waals surface area contributed by atoms with E-state index in [1.807, 2.05) is 18.2 Å². The molecule has 10 rings (SSSR count). The van der Waals surface area contributed by atoms with Crippen molar-refractivity contribution in [2.24, 2.45) is 0 Å². The quantitative estimate of drug-likeness (QED) is 0.180. The average Bonchev–Trinajstić information content (AvgIpc) is 3.81. The molecule has 0 amide bonds. The lowest BCUT2D eigenvalue weighted by molar-refractivity contribution is 0.594. The summed E-state index contributed by atoms with van der Waals surface area (Å²) in [7, 11) is 0. The highest BCUT2D eigenvalue weighted by Crippen LogP contribution is 2.44. The number of hydrogen-bond donors (Lipinski definition) is 1. The van der Waals surface area contributed by atoms with Crippen molar-refractivity contribution < 1.29 is 8.83 Å². The number of halogens is 1. The van der Waals surface area contributed by atoms with Crippen LogP contribution in [0.3, 0.4) is 0 Å². The van der Waals surface area contributed by atoms with Gasteiger partial charge in [-0.15, -0.1) is 0 Å². The second kappa shape index (κ2) is 15.3. The van der Waals surface area contributed by atoms with Crippen molar-refractivity contribution in [1.82, 2.24) is 0 Å². The molecule has 0 unspecified atom stereocenters. The molecule has 0 aliphatic carbocycles. The number of benzene rings is 8. The van der Waals surface area contributed by atoms with E-state index in [0.29, 0.717) is 0 Å². The Bertz CT molecular complexity index is 2960. The molecule has 0 fully saturated rings. The second-order valence-corrected chi connectivity index (χ2v) is 18.6. The summed E-state index contributed by atoms with van der Waals surface area (Å²) in [5.41, 5.74) is 22.4. The smallest absolute Gasteiger partial charge is 0.143 e.